The minimum Gasteiger partial charge on any atom is -0.358 e. The van der Waals surface area contributed by atoms with E-state index in [-0.39, 0.29) is 23.6 Å². The van der Waals surface area contributed by atoms with Crippen molar-refractivity contribution in [2.45, 2.75) is 51.9 Å². The highest BCUT2D eigenvalue weighted by Gasteiger charge is 2.43. The number of H-pyrrole nitrogens is 1. The Morgan fingerprint density at radius 2 is 1.88 bits per heavy atom. The lowest BCUT2D eigenvalue weighted by Crippen LogP contribution is -2.26. The third-order valence-electron chi connectivity index (χ3n) is 7.68. The van der Waals surface area contributed by atoms with Crippen LogP contribution in [0.4, 0.5) is 10.1 Å². The SMILES string of the molecule is Cc1[nH]c(/C=C2\C(=O)Nc3ccc(F)cc32)c(C)c1C(=O)NCCCCCCNC(=O)C1CC1c1cccnc1. The van der Waals surface area contributed by atoms with Gasteiger partial charge >= 0.3 is 0 Å². The molecule has 0 spiro atoms. The molecule has 5 rings (SSSR count). The van der Waals surface area contributed by atoms with E-state index in [1.165, 1.54) is 12.1 Å². The summed E-state index contributed by atoms with van der Waals surface area (Å²) in [6.07, 6.45) is 9.80. The normalized spacial score (nSPS) is 18.4. The van der Waals surface area contributed by atoms with Gasteiger partial charge in [0.2, 0.25) is 5.91 Å². The number of aryl methyl sites for hydroxylation is 1. The van der Waals surface area contributed by atoms with Gasteiger partial charge in [-0.15, -0.1) is 0 Å². The number of aromatic amines is 1. The number of benzene rings is 1. The van der Waals surface area contributed by atoms with E-state index in [2.05, 4.69) is 25.9 Å². The van der Waals surface area contributed by atoms with E-state index in [1.54, 1.807) is 18.3 Å². The molecule has 1 aliphatic carbocycles. The number of aromatic nitrogens is 2. The summed E-state index contributed by atoms with van der Waals surface area (Å²) in [5, 5.41) is 8.78. The van der Waals surface area contributed by atoms with Crippen LogP contribution >= 0.6 is 0 Å². The van der Waals surface area contributed by atoms with Crippen LogP contribution in [-0.2, 0) is 9.59 Å². The summed E-state index contributed by atoms with van der Waals surface area (Å²) in [6.45, 7) is 4.87. The average Bonchev–Trinajstić information content (AvgIpc) is 3.62. The first-order chi connectivity index (χ1) is 19.3. The summed E-state index contributed by atoms with van der Waals surface area (Å²) in [6, 6.07) is 8.11. The predicted octanol–water partition coefficient (Wildman–Crippen LogP) is 4.87. The summed E-state index contributed by atoms with van der Waals surface area (Å²) in [5.41, 5.74) is 5.19. The van der Waals surface area contributed by atoms with Gasteiger partial charge in [0.15, 0.2) is 0 Å². The Balaban J connectivity index is 1.03. The number of nitrogens with one attached hydrogen (secondary N) is 4. The molecular formula is C31H34FN5O3. The molecule has 1 fully saturated rings. The van der Waals surface area contributed by atoms with E-state index < -0.39 is 5.82 Å². The van der Waals surface area contributed by atoms with E-state index in [9.17, 15) is 18.8 Å². The molecule has 9 heteroatoms. The number of carbonyl (C=O) groups excluding carboxylic acids is 3. The second-order valence-electron chi connectivity index (χ2n) is 10.6. The lowest BCUT2D eigenvalue weighted by atomic mass is 10.0. The molecule has 40 heavy (non-hydrogen) atoms. The fourth-order valence-corrected chi connectivity index (χ4v) is 5.39. The quantitative estimate of drug-likeness (QED) is 0.204. The van der Waals surface area contributed by atoms with Crippen molar-refractivity contribution in [3.63, 3.8) is 0 Å². The third kappa shape index (κ3) is 5.98. The molecule has 208 valence electrons. The van der Waals surface area contributed by atoms with Gasteiger partial charge in [-0.1, -0.05) is 18.9 Å². The average molecular weight is 544 g/mol. The lowest BCUT2D eigenvalue weighted by molar-refractivity contribution is -0.122. The van der Waals surface area contributed by atoms with Crippen molar-refractivity contribution < 1.29 is 18.8 Å². The van der Waals surface area contributed by atoms with Crippen molar-refractivity contribution in [3.8, 4) is 0 Å². The first-order valence-corrected chi connectivity index (χ1v) is 13.8. The Kier molecular flexibility index (Phi) is 8.09. The largest absolute Gasteiger partial charge is 0.358 e. The first kappa shape index (κ1) is 27.3. The number of rotatable bonds is 11. The number of amides is 3. The van der Waals surface area contributed by atoms with Gasteiger partial charge in [-0.05, 0) is 80.5 Å². The van der Waals surface area contributed by atoms with Gasteiger partial charge in [0.05, 0.1) is 11.1 Å². The molecule has 0 bridgehead atoms. The number of fused-ring (bicyclic) bond motifs is 1. The molecule has 1 aliphatic heterocycles. The molecule has 8 nitrogen and oxygen atoms in total. The van der Waals surface area contributed by atoms with E-state index in [0.717, 1.165) is 43.2 Å². The predicted molar refractivity (Wildman–Crippen MR) is 152 cm³/mol. The molecule has 0 radical (unpaired) electrons. The van der Waals surface area contributed by atoms with E-state index in [0.29, 0.717) is 52.8 Å². The van der Waals surface area contributed by atoms with Crippen molar-refractivity contribution in [3.05, 3.63) is 82.2 Å². The fraction of sp³-hybridized carbons (Fsp3) is 0.355. The Labute approximate surface area is 232 Å². The van der Waals surface area contributed by atoms with Crippen LogP contribution < -0.4 is 16.0 Å². The number of hydrogen-bond donors (Lipinski definition) is 4. The second kappa shape index (κ2) is 11.9. The summed E-state index contributed by atoms with van der Waals surface area (Å²) >= 11 is 0. The van der Waals surface area contributed by atoms with Gasteiger partial charge in [0.1, 0.15) is 5.82 Å². The fourth-order valence-electron chi connectivity index (χ4n) is 5.39. The van der Waals surface area contributed by atoms with Crippen LogP contribution in [0, 0.1) is 25.6 Å². The molecule has 1 aromatic carbocycles. The van der Waals surface area contributed by atoms with Gasteiger partial charge in [-0.25, -0.2) is 4.39 Å². The van der Waals surface area contributed by atoms with Gasteiger partial charge in [-0.3, -0.25) is 19.4 Å². The molecule has 3 heterocycles. The monoisotopic (exact) mass is 543 g/mol. The molecule has 3 amide bonds. The Hall–Kier alpha value is -4.27. The summed E-state index contributed by atoms with van der Waals surface area (Å²) in [5.74, 6) is -0.416. The zero-order valence-electron chi connectivity index (χ0n) is 22.8. The topological polar surface area (TPSA) is 116 Å². The van der Waals surface area contributed by atoms with Crippen molar-refractivity contribution in [2.75, 3.05) is 18.4 Å². The number of halogens is 1. The zero-order chi connectivity index (χ0) is 28.2. The molecule has 2 atom stereocenters. The number of anilines is 1. The first-order valence-electron chi connectivity index (χ1n) is 13.8. The number of hydrogen-bond acceptors (Lipinski definition) is 4. The molecule has 1 saturated carbocycles. The molecule has 3 aromatic rings. The maximum absolute atomic E-state index is 13.8. The number of nitrogens with zero attached hydrogens (tertiary/aromatic N) is 1. The molecule has 2 aromatic heterocycles. The lowest BCUT2D eigenvalue weighted by Gasteiger charge is -2.07. The molecule has 0 saturated heterocycles. The van der Waals surface area contributed by atoms with Crippen LogP contribution in [0.25, 0.3) is 11.6 Å². The van der Waals surface area contributed by atoms with Gasteiger partial charge in [-0.2, -0.15) is 0 Å². The van der Waals surface area contributed by atoms with E-state index >= 15 is 0 Å². The molecule has 2 unspecified atom stereocenters. The van der Waals surface area contributed by atoms with E-state index in [4.69, 9.17) is 0 Å². The maximum atomic E-state index is 13.8. The standard InChI is InChI=1S/C31H34FN5O3/c1-18-27(16-25-23-14-21(32)9-10-26(23)37-30(25)39)36-19(2)28(18)31(40)35-13-6-4-3-5-12-34-29(38)24-15-22(24)20-8-7-11-33-17-20/h7-11,14,16-17,22,24,36H,3-6,12-13,15H2,1-2H3,(H,34,38)(H,35,40)(H,37,39)/b25-16-. The van der Waals surface area contributed by atoms with Crippen LogP contribution in [0.15, 0.2) is 42.7 Å². The van der Waals surface area contributed by atoms with Crippen LogP contribution in [0.5, 0.6) is 0 Å². The molecular weight excluding hydrogens is 509 g/mol. The zero-order valence-corrected chi connectivity index (χ0v) is 22.8. The molecule has 2 aliphatic rings. The van der Waals surface area contributed by atoms with Crippen LogP contribution in [0.3, 0.4) is 0 Å². The van der Waals surface area contributed by atoms with Crippen LogP contribution in [0.1, 0.15) is 76.5 Å². The highest BCUT2D eigenvalue weighted by molar-refractivity contribution is 6.34. The minimum atomic E-state index is -0.418. The van der Waals surface area contributed by atoms with Crippen molar-refractivity contribution in [1.82, 2.24) is 20.6 Å². The van der Waals surface area contributed by atoms with Crippen molar-refractivity contribution in [2.24, 2.45) is 5.92 Å². The number of unbranched alkanes of at least 4 members (excludes halogenated alkanes) is 3. The summed E-state index contributed by atoms with van der Waals surface area (Å²) in [7, 11) is 0. The van der Waals surface area contributed by atoms with E-state index in [1.807, 2.05) is 32.2 Å². The highest BCUT2D eigenvalue weighted by Crippen LogP contribution is 2.47. The Morgan fingerprint density at radius 1 is 1.10 bits per heavy atom. The number of carbonyl (C=O) groups is 3. The Morgan fingerprint density at radius 3 is 2.62 bits per heavy atom. The second-order valence-corrected chi connectivity index (χ2v) is 10.6. The smallest absolute Gasteiger partial charge is 0.256 e. The van der Waals surface area contributed by atoms with Gasteiger partial charge in [0, 0.05) is 54.0 Å². The summed E-state index contributed by atoms with van der Waals surface area (Å²) in [4.78, 5) is 45.1. The maximum Gasteiger partial charge on any atom is 0.256 e. The third-order valence-corrected chi connectivity index (χ3v) is 7.68. The van der Waals surface area contributed by atoms with Gasteiger partial charge in [0.25, 0.3) is 11.8 Å². The summed E-state index contributed by atoms with van der Waals surface area (Å²) < 4.78 is 13.8. The van der Waals surface area contributed by atoms with Gasteiger partial charge < -0.3 is 20.9 Å². The number of pyridine rings is 1. The van der Waals surface area contributed by atoms with Crippen LogP contribution in [0.2, 0.25) is 0 Å². The minimum absolute atomic E-state index is 0.0607. The Bertz CT molecular complexity index is 1460. The van der Waals surface area contributed by atoms with Crippen LogP contribution in [-0.4, -0.2) is 40.8 Å². The molecule has 4 N–H and O–H groups in total. The highest BCUT2D eigenvalue weighted by atomic mass is 19.1. The van der Waals surface area contributed by atoms with Crippen molar-refractivity contribution in [1.29, 1.82) is 0 Å². The van der Waals surface area contributed by atoms with Crippen molar-refractivity contribution >= 4 is 35.1 Å².